The Morgan fingerprint density at radius 1 is 1.41 bits per heavy atom. The summed E-state index contributed by atoms with van der Waals surface area (Å²) in [5.74, 6) is -0.0541. The van der Waals surface area contributed by atoms with E-state index in [0.717, 1.165) is 0 Å². The van der Waals surface area contributed by atoms with E-state index in [4.69, 9.17) is 15.2 Å². The van der Waals surface area contributed by atoms with Gasteiger partial charge in [-0.3, -0.25) is 4.79 Å². The van der Waals surface area contributed by atoms with Crippen LogP contribution in [0.25, 0.3) is 0 Å². The van der Waals surface area contributed by atoms with Crippen LogP contribution in [-0.2, 0) is 14.3 Å². The molecule has 0 heterocycles. The second kappa shape index (κ2) is 7.63. The van der Waals surface area contributed by atoms with Crippen molar-refractivity contribution >= 4 is 5.91 Å². The summed E-state index contributed by atoms with van der Waals surface area (Å²) in [5, 5.41) is 0. The van der Waals surface area contributed by atoms with E-state index in [-0.39, 0.29) is 11.9 Å². The van der Waals surface area contributed by atoms with E-state index in [9.17, 15) is 4.79 Å². The molecule has 0 aliphatic rings. The zero-order chi connectivity index (χ0) is 13.5. The minimum absolute atomic E-state index is 0.00271. The van der Waals surface area contributed by atoms with E-state index in [0.29, 0.717) is 26.2 Å². The Labute approximate surface area is 104 Å². The van der Waals surface area contributed by atoms with Gasteiger partial charge in [0.15, 0.2) is 0 Å². The maximum atomic E-state index is 12.3. The molecule has 0 rings (SSSR count). The quantitative estimate of drug-likeness (QED) is 0.682. The number of hydrogen-bond acceptors (Lipinski definition) is 4. The van der Waals surface area contributed by atoms with Crippen LogP contribution in [0.15, 0.2) is 0 Å². The van der Waals surface area contributed by atoms with E-state index < -0.39 is 5.54 Å². The summed E-state index contributed by atoms with van der Waals surface area (Å²) < 4.78 is 10.1. The van der Waals surface area contributed by atoms with Gasteiger partial charge in [0.1, 0.15) is 0 Å². The Morgan fingerprint density at radius 3 is 2.41 bits per heavy atom. The molecule has 0 aromatic carbocycles. The van der Waals surface area contributed by atoms with Gasteiger partial charge >= 0.3 is 0 Å². The van der Waals surface area contributed by atoms with Gasteiger partial charge in [-0.2, -0.15) is 0 Å². The van der Waals surface area contributed by atoms with E-state index in [2.05, 4.69) is 0 Å². The first-order valence-electron chi connectivity index (χ1n) is 5.98. The summed E-state index contributed by atoms with van der Waals surface area (Å²) >= 11 is 0. The standard InChI is InChI=1S/C12H26N2O3/c1-6-12(3,13)11(15)14(7-8-16-4)10(2)9-17-5/h10H,6-9,13H2,1-5H3. The molecule has 0 spiro atoms. The summed E-state index contributed by atoms with van der Waals surface area (Å²) in [6.07, 6.45) is 0.606. The van der Waals surface area contributed by atoms with Crippen molar-refractivity contribution in [3.63, 3.8) is 0 Å². The highest BCUT2D eigenvalue weighted by Crippen LogP contribution is 2.13. The van der Waals surface area contributed by atoms with Crippen LogP contribution in [0.5, 0.6) is 0 Å². The van der Waals surface area contributed by atoms with E-state index in [1.54, 1.807) is 26.0 Å². The molecule has 5 heteroatoms. The minimum atomic E-state index is -0.824. The van der Waals surface area contributed by atoms with Crippen LogP contribution in [0.1, 0.15) is 27.2 Å². The lowest BCUT2D eigenvalue weighted by atomic mass is 9.97. The normalized spacial score (nSPS) is 16.4. The van der Waals surface area contributed by atoms with Crippen molar-refractivity contribution in [3.8, 4) is 0 Å². The molecule has 2 N–H and O–H groups in total. The molecule has 102 valence electrons. The maximum Gasteiger partial charge on any atom is 0.242 e. The van der Waals surface area contributed by atoms with Gasteiger partial charge in [-0.25, -0.2) is 0 Å². The van der Waals surface area contributed by atoms with Gasteiger partial charge in [0.25, 0.3) is 0 Å². The van der Waals surface area contributed by atoms with Gasteiger partial charge in [0, 0.05) is 20.8 Å². The first-order valence-corrected chi connectivity index (χ1v) is 5.98. The monoisotopic (exact) mass is 246 g/mol. The van der Waals surface area contributed by atoms with E-state index >= 15 is 0 Å². The number of rotatable bonds is 8. The second-order valence-electron chi connectivity index (χ2n) is 4.57. The Morgan fingerprint density at radius 2 is 2.00 bits per heavy atom. The van der Waals surface area contributed by atoms with Crippen LogP contribution in [0, 0.1) is 0 Å². The topological polar surface area (TPSA) is 64.8 Å². The lowest BCUT2D eigenvalue weighted by molar-refractivity contribution is -0.140. The predicted octanol–water partition coefficient (Wildman–Crippen LogP) is 0.624. The van der Waals surface area contributed by atoms with Crippen molar-refractivity contribution in [3.05, 3.63) is 0 Å². The van der Waals surface area contributed by atoms with Crippen molar-refractivity contribution in [1.29, 1.82) is 0 Å². The molecule has 0 radical (unpaired) electrons. The van der Waals surface area contributed by atoms with Crippen LogP contribution in [0.3, 0.4) is 0 Å². The summed E-state index contributed by atoms with van der Waals surface area (Å²) in [7, 11) is 3.24. The van der Waals surface area contributed by atoms with Gasteiger partial charge in [-0.15, -0.1) is 0 Å². The molecule has 0 aliphatic carbocycles. The first-order chi connectivity index (χ1) is 7.90. The fourth-order valence-corrected chi connectivity index (χ4v) is 1.52. The molecule has 0 fully saturated rings. The molecule has 5 nitrogen and oxygen atoms in total. The molecule has 0 aromatic heterocycles. The number of carbonyl (C=O) groups excluding carboxylic acids is 1. The Balaban J connectivity index is 4.72. The third-order valence-electron chi connectivity index (χ3n) is 2.96. The summed E-state index contributed by atoms with van der Waals surface area (Å²) in [6.45, 7) is 7.15. The SMILES string of the molecule is CCC(C)(N)C(=O)N(CCOC)C(C)COC. The van der Waals surface area contributed by atoms with Crippen LogP contribution < -0.4 is 5.73 Å². The molecule has 0 bridgehead atoms. The molecule has 1 amide bonds. The smallest absolute Gasteiger partial charge is 0.242 e. The van der Waals surface area contributed by atoms with Crippen molar-refractivity contribution in [2.24, 2.45) is 5.73 Å². The highest BCUT2D eigenvalue weighted by molar-refractivity contribution is 5.85. The van der Waals surface area contributed by atoms with Crippen molar-refractivity contribution in [1.82, 2.24) is 4.90 Å². The largest absolute Gasteiger partial charge is 0.383 e. The maximum absolute atomic E-state index is 12.3. The molecule has 2 unspecified atom stereocenters. The number of amides is 1. The van der Waals surface area contributed by atoms with Crippen molar-refractivity contribution in [2.75, 3.05) is 34.0 Å². The summed E-state index contributed by atoms with van der Waals surface area (Å²) in [5.41, 5.74) is 5.17. The highest BCUT2D eigenvalue weighted by Gasteiger charge is 2.33. The molecule has 0 aliphatic heterocycles. The van der Waals surface area contributed by atoms with Gasteiger partial charge in [-0.05, 0) is 20.3 Å². The van der Waals surface area contributed by atoms with Gasteiger partial charge in [0.2, 0.25) is 5.91 Å². The molecule has 2 atom stereocenters. The minimum Gasteiger partial charge on any atom is -0.383 e. The first kappa shape index (κ1) is 16.4. The lowest BCUT2D eigenvalue weighted by Gasteiger charge is -2.35. The highest BCUT2D eigenvalue weighted by atomic mass is 16.5. The second-order valence-corrected chi connectivity index (χ2v) is 4.57. The van der Waals surface area contributed by atoms with Crippen molar-refractivity contribution in [2.45, 2.75) is 38.8 Å². The molecular formula is C12H26N2O3. The molecular weight excluding hydrogens is 220 g/mol. The molecule has 17 heavy (non-hydrogen) atoms. The van der Waals surface area contributed by atoms with Crippen LogP contribution in [0.2, 0.25) is 0 Å². The third-order valence-corrected chi connectivity index (χ3v) is 2.96. The molecule has 0 saturated carbocycles. The average Bonchev–Trinajstić information content (AvgIpc) is 2.29. The van der Waals surface area contributed by atoms with E-state index in [1.165, 1.54) is 0 Å². The van der Waals surface area contributed by atoms with Crippen LogP contribution in [-0.4, -0.2) is 56.4 Å². The zero-order valence-corrected chi connectivity index (χ0v) is 11.7. The number of ether oxygens (including phenoxy) is 2. The third kappa shape index (κ3) is 5.02. The van der Waals surface area contributed by atoms with Gasteiger partial charge in [-0.1, -0.05) is 6.92 Å². The number of hydrogen-bond donors (Lipinski definition) is 1. The lowest BCUT2D eigenvalue weighted by Crippen LogP contribution is -2.56. The Kier molecular flexibility index (Phi) is 7.34. The van der Waals surface area contributed by atoms with Crippen LogP contribution >= 0.6 is 0 Å². The molecule has 0 saturated heterocycles. The summed E-state index contributed by atoms with van der Waals surface area (Å²) in [6, 6.07) is -0.00271. The Hall–Kier alpha value is -0.650. The van der Waals surface area contributed by atoms with E-state index in [1.807, 2.05) is 13.8 Å². The average molecular weight is 246 g/mol. The fourth-order valence-electron chi connectivity index (χ4n) is 1.52. The summed E-state index contributed by atoms with van der Waals surface area (Å²) in [4.78, 5) is 14.0. The zero-order valence-electron chi connectivity index (χ0n) is 11.7. The fraction of sp³-hybridized carbons (Fsp3) is 0.917. The number of nitrogens with two attached hydrogens (primary N) is 1. The predicted molar refractivity (Wildman–Crippen MR) is 67.8 cm³/mol. The van der Waals surface area contributed by atoms with Gasteiger partial charge < -0.3 is 20.1 Å². The van der Waals surface area contributed by atoms with Gasteiger partial charge in [0.05, 0.1) is 24.8 Å². The number of methoxy groups -OCH3 is 2. The number of carbonyl (C=O) groups is 1. The van der Waals surface area contributed by atoms with Crippen LogP contribution in [0.4, 0.5) is 0 Å². The number of nitrogens with zero attached hydrogens (tertiary/aromatic N) is 1. The Bertz CT molecular complexity index is 232. The molecule has 0 aromatic rings. The van der Waals surface area contributed by atoms with Crippen molar-refractivity contribution < 1.29 is 14.3 Å².